The van der Waals surface area contributed by atoms with E-state index in [0.717, 1.165) is 19.3 Å². The smallest absolute Gasteiger partial charge is 0.302 e. The number of hydrogen-bond acceptors (Lipinski definition) is 2. The zero-order valence-electron chi connectivity index (χ0n) is 7.13. The number of halogens is 1. The summed E-state index contributed by atoms with van der Waals surface area (Å²) in [6.45, 7) is 1.41. The second kappa shape index (κ2) is 4.51. The third kappa shape index (κ3) is 2.86. The Bertz CT molecular complexity index is 189. The highest BCUT2D eigenvalue weighted by atomic mass is 35.5. The predicted molar refractivity (Wildman–Crippen MR) is 48.2 cm³/mol. The first kappa shape index (κ1) is 9.59. The van der Waals surface area contributed by atoms with Crippen LogP contribution in [0.25, 0.3) is 0 Å². The van der Waals surface area contributed by atoms with Gasteiger partial charge in [0, 0.05) is 6.92 Å². The summed E-state index contributed by atoms with van der Waals surface area (Å²) in [5.41, 5.74) is 0. The van der Waals surface area contributed by atoms with Gasteiger partial charge in [-0.05, 0) is 19.3 Å². The summed E-state index contributed by atoms with van der Waals surface area (Å²) in [5, 5.41) is -0.156. The van der Waals surface area contributed by atoms with Crippen LogP contribution in [0, 0.1) is 0 Å². The van der Waals surface area contributed by atoms with E-state index in [9.17, 15) is 4.79 Å². The summed E-state index contributed by atoms with van der Waals surface area (Å²) >= 11 is 5.97. The maximum Gasteiger partial charge on any atom is 0.302 e. The summed E-state index contributed by atoms with van der Waals surface area (Å²) in [5.74, 6) is -0.249. The van der Waals surface area contributed by atoms with Crippen molar-refractivity contribution < 1.29 is 9.53 Å². The highest BCUT2D eigenvalue weighted by Gasteiger charge is 2.20. The van der Waals surface area contributed by atoms with Gasteiger partial charge >= 0.3 is 5.97 Å². The van der Waals surface area contributed by atoms with Crippen LogP contribution in [0.3, 0.4) is 0 Å². The number of carbonyl (C=O) groups is 1. The van der Waals surface area contributed by atoms with Gasteiger partial charge in [-0.25, -0.2) is 0 Å². The normalized spacial score (nSPS) is 29.5. The lowest BCUT2D eigenvalue weighted by Gasteiger charge is -2.17. The molecule has 12 heavy (non-hydrogen) atoms. The maximum absolute atomic E-state index is 10.7. The van der Waals surface area contributed by atoms with Crippen molar-refractivity contribution in [2.45, 2.75) is 37.7 Å². The molecule has 3 heteroatoms. The van der Waals surface area contributed by atoms with Crippen LogP contribution in [-0.4, -0.2) is 17.5 Å². The van der Waals surface area contributed by atoms with Gasteiger partial charge in [-0.2, -0.15) is 0 Å². The lowest BCUT2D eigenvalue weighted by Crippen LogP contribution is -2.24. The summed E-state index contributed by atoms with van der Waals surface area (Å²) in [6, 6.07) is 0. The van der Waals surface area contributed by atoms with Crippen molar-refractivity contribution in [2.75, 3.05) is 0 Å². The Morgan fingerprint density at radius 3 is 3.08 bits per heavy atom. The molecule has 0 bridgehead atoms. The largest absolute Gasteiger partial charge is 0.461 e. The van der Waals surface area contributed by atoms with E-state index in [2.05, 4.69) is 0 Å². The molecule has 1 aliphatic carbocycles. The molecule has 0 aromatic carbocycles. The van der Waals surface area contributed by atoms with Crippen LogP contribution in [0.1, 0.15) is 26.2 Å². The minimum Gasteiger partial charge on any atom is -0.461 e. The van der Waals surface area contributed by atoms with Gasteiger partial charge in [0.2, 0.25) is 0 Å². The minimum absolute atomic E-state index is 0.136. The molecule has 0 heterocycles. The van der Waals surface area contributed by atoms with Gasteiger partial charge in [0.05, 0.1) is 5.38 Å². The van der Waals surface area contributed by atoms with Crippen molar-refractivity contribution in [2.24, 2.45) is 0 Å². The van der Waals surface area contributed by atoms with Gasteiger partial charge in [0.25, 0.3) is 0 Å². The van der Waals surface area contributed by atoms with E-state index in [4.69, 9.17) is 16.3 Å². The molecular weight excluding hydrogens is 176 g/mol. The summed E-state index contributed by atoms with van der Waals surface area (Å²) < 4.78 is 5.06. The fourth-order valence-corrected chi connectivity index (χ4v) is 1.56. The molecular formula is C9H13ClO2. The van der Waals surface area contributed by atoms with Crippen molar-refractivity contribution in [3.8, 4) is 0 Å². The standard InChI is InChI=1S/C9H13ClO2/c1-7(11)12-9-6-4-2-3-5-8(9)10/h3,5,8-9H,2,4,6H2,1H3/t8-,9+/m1/s1. The van der Waals surface area contributed by atoms with Crippen LogP contribution < -0.4 is 0 Å². The van der Waals surface area contributed by atoms with Gasteiger partial charge in [-0.3, -0.25) is 4.79 Å². The molecule has 0 unspecified atom stereocenters. The van der Waals surface area contributed by atoms with Gasteiger partial charge in [0.1, 0.15) is 6.10 Å². The Kier molecular flexibility index (Phi) is 3.60. The SMILES string of the molecule is CC(=O)O[C@H]1CCCC=C[C@H]1Cl. The first-order chi connectivity index (χ1) is 5.70. The summed E-state index contributed by atoms with van der Waals surface area (Å²) in [7, 11) is 0. The van der Waals surface area contributed by atoms with E-state index < -0.39 is 0 Å². The molecule has 0 aliphatic heterocycles. The van der Waals surface area contributed by atoms with E-state index >= 15 is 0 Å². The quantitative estimate of drug-likeness (QED) is 0.359. The topological polar surface area (TPSA) is 26.3 Å². The first-order valence-electron chi connectivity index (χ1n) is 4.18. The van der Waals surface area contributed by atoms with Crippen LogP contribution in [0.15, 0.2) is 12.2 Å². The Hall–Kier alpha value is -0.500. The molecule has 68 valence electrons. The summed E-state index contributed by atoms with van der Waals surface area (Å²) in [4.78, 5) is 10.7. The van der Waals surface area contributed by atoms with E-state index in [0.29, 0.717) is 0 Å². The minimum atomic E-state index is -0.249. The second-order valence-corrected chi connectivity index (χ2v) is 3.46. The molecule has 1 rings (SSSR count). The van der Waals surface area contributed by atoms with Crippen molar-refractivity contribution in [3.05, 3.63) is 12.2 Å². The predicted octanol–water partition coefficient (Wildman–Crippen LogP) is 2.27. The molecule has 0 radical (unpaired) electrons. The number of ether oxygens (including phenoxy) is 1. The fraction of sp³-hybridized carbons (Fsp3) is 0.667. The lowest BCUT2D eigenvalue weighted by molar-refractivity contribution is -0.146. The molecule has 0 amide bonds. The lowest BCUT2D eigenvalue weighted by atomic mass is 10.1. The number of hydrogen-bond donors (Lipinski definition) is 0. The third-order valence-electron chi connectivity index (χ3n) is 1.85. The van der Waals surface area contributed by atoms with Crippen molar-refractivity contribution in [1.29, 1.82) is 0 Å². The molecule has 0 saturated heterocycles. The van der Waals surface area contributed by atoms with Crippen molar-refractivity contribution >= 4 is 17.6 Å². The molecule has 1 aliphatic rings. The molecule has 0 saturated carbocycles. The second-order valence-electron chi connectivity index (χ2n) is 2.95. The van der Waals surface area contributed by atoms with Crippen LogP contribution in [-0.2, 0) is 9.53 Å². The molecule has 0 N–H and O–H groups in total. The third-order valence-corrected chi connectivity index (χ3v) is 2.28. The van der Waals surface area contributed by atoms with Crippen molar-refractivity contribution in [3.63, 3.8) is 0 Å². The number of rotatable bonds is 1. The Morgan fingerprint density at radius 1 is 1.67 bits per heavy atom. The fourth-order valence-electron chi connectivity index (χ4n) is 1.28. The average Bonchev–Trinajstić information content (AvgIpc) is 2.16. The van der Waals surface area contributed by atoms with Gasteiger partial charge in [0.15, 0.2) is 0 Å². The zero-order chi connectivity index (χ0) is 8.97. The molecule has 2 atom stereocenters. The van der Waals surface area contributed by atoms with E-state index in [1.807, 2.05) is 12.2 Å². The molecule has 0 aromatic heterocycles. The highest BCUT2D eigenvalue weighted by molar-refractivity contribution is 6.22. The van der Waals surface area contributed by atoms with E-state index in [-0.39, 0.29) is 17.5 Å². The summed E-state index contributed by atoms with van der Waals surface area (Å²) in [6.07, 6.45) is 6.74. The molecule has 0 aromatic rings. The Balaban J connectivity index is 2.49. The molecule has 0 fully saturated rings. The van der Waals surface area contributed by atoms with E-state index in [1.54, 1.807) is 0 Å². The van der Waals surface area contributed by atoms with Crippen molar-refractivity contribution in [1.82, 2.24) is 0 Å². The van der Waals surface area contributed by atoms with Crippen LogP contribution in [0.4, 0.5) is 0 Å². The Morgan fingerprint density at radius 2 is 2.42 bits per heavy atom. The maximum atomic E-state index is 10.7. The highest BCUT2D eigenvalue weighted by Crippen LogP contribution is 2.19. The van der Waals surface area contributed by atoms with Gasteiger partial charge in [-0.15, -0.1) is 11.6 Å². The Labute approximate surface area is 77.5 Å². The number of allylic oxidation sites excluding steroid dienone is 1. The van der Waals surface area contributed by atoms with Gasteiger partial charge in [-0.1, -0.05) is 12.2 Å². The number of alkyl halides is 1. The molecule has 2 nitrogen and oxygen atoms in total. The van der Waals surface area contributed by atoms with Crippen LogP contribution in [0.5, 0.6) is 0 Å². The zero-order valence-corrected chi connectivity index (χ0v) is 7.88. The monoisotopic (exact) mass is 188 g/mol. The average molecular weight is 189 g/mol. The number of esters is 1. The van der Waals surface area contributed by atoms with E-state index in [1.165, 1.54) is 6.92 Å². The molecule has 0 spiro atoms. The first-order valence-corrected chi connectivity index (χ1v) is 4.62. The number of carbonyl (C=O) groups excluding carboxylic acids is 1. The van der Waals surface area contributed by atoms with Crippen LogP contribution >= 0.6 is 11.6 Å². The van der Waals surface area contributed by atoms with Gasteiger partial charge < -0.3 is 4.74 Å². The van der Waals surface area contributed by atoms with Crippen LogP contribution in [0.2, 0.25) is 0 Å².